The molecule has 2 heterocycles. The minimum atomic E-state index is -1.11. The number of non-ortho nitro benzene ring substituents is 1. The predicted octanol–water partition coefficient (Wildman–Crippen LogP) is 0.946. The molecule has 1 aliphatic heterocycles. The van der Waals surface area contributed by atoms with E-state index in [2.05, 4.69) is 10.3 Å². The van der Waals surface area contributed by atoms with Gasteiger partial charge in [-0.3, -0.25) is 10.1 Å². The zero-order chi connectivity index (χ0) is 15.0. The summed E-state index contributed by atoms with van der Waals surface area (Å²) in [6.07, 6.45) is 1.39. The molecule has 9 nitrogen and oxygen atoms in total. The lowest BCUT2D eigenvalue weighted by Crippen LogP contribution is -2.48. The van der Waals surface area contributed by atoms with E-state index in [1.807, 2.05) is 4.90 Å². The van der Waals surface area contributed by atoms with E-state index >= 15 is 0 Å². The molecule has 1 aromatic heterocycles. The van der Waals surface area contributed by atoms with Crippen molar-refractivity contribution in [3.63, 3.8) is 0 Å². The highest BCUT2D eigenvalue weighted by atomic mass is 16.6. The number of nitro groups is 1. The summed E-state index contributed by atoms with van der Waals surface area (Å²) in [6.45, 7) is 1.20. The highest BCUT2D eigenvalue weighted by Gasteiger charge is 2.30. The summed E-state index contributed by atoms with van der Waals surface area (Å²) in [7, 11) is 0. The largest absolute Gasteiger partial charge is 0.476 e. The van der Waals surface area contributed by atoms with Gasteiger partial charge in [0.1, 0.15) is 0 Å². The number of carboxylic acid groups (broad SMARTS) is 1. The number of nitrogens with zero attached hydrogens (tertiary/aromatic N) is 5. The van der Waals surface area contributed by atoms with Gasteiger partial charge in [-0.15, -0.1) is 5.10 Å². The zero-order valence-electron chi connectivity index (χ0n) is 10.8. The summed E-state index contributed by atoms with van der Waals surface area (Å²) in [6, 6.07) is 6.41. The van der Waals surface area contributed by atoms with Gasteiger partial charge >= 0.3 is 5.97 Å². The van der Waals surface area contributed by atoms with Crippen molar-refractivity contribution in [3.8, 4) is 0 Å². The second-order valence-electron chi connectivity index (χ2n) is 4.72. The maximum Gasteiger partial charge on any atom is 0.358 e. The number of rotatable bonds is 4. The van der Waals surface area contributed by atoms with Gasteiger partial charge in [0.2, 0.25) is 0 Å². The van der Waals surface area contributed by atoms with Crippen LogP contribution in [0.4, 0.5) is 11.4 Å². The Hall–Kier alpha value is -2.97. The zero-order valence-corrected chi connectivity index (χ0v) is 10.8. The van der Waals surface area contributed by atoms with Crippen LogP contribution in [-0.4, -0.2) is 44.1 Å². The van der Waals surface area contributed by atoms with Gasteiger partial charge in [-0.05, 0) is 6.07 Å². The predicted molar refractivity (Wildman–Crippen MR) is 71.3 cm³/mol. The average Bonchev–Trinajstić information content (AvgIpc) is 2.87. The van der Waals surface area contributed by atoms with Crippen molar-refractivity contribution in [1.82, 2.24) is 15.0 Å². The number of hydrogen-bond acceptors (Lipinski definition) is 6. The maximum atomic E-state index is 10.7. The molecule has 2 aromatic rings. The molecule has 108 valence electrons. The molecule has 0 aliphatic carbocycles. The van der Waals surface area contributed by atoms with Crippen LogP contribution in [0.3, 0.4) is 0 Å². The molecule has 1 aliphatic rings. The van der Waals surface area contributed by atoms with Gasteiger partial charge in [-0.25, -0.2) is 9.48 Å². The van der Waals surface area contributed by atoms with Crippen molar-refractivity contribution >= 4 is 17.3 Å². The van der Waals surface area contributed by atoms with E-state index in [0.717, 1.165) is 5.69 Å². The van der Waals surface area contributed by atoms with Crippen LogP contribution in [0.5, 0.6) is 0 Å². The molecule has 0 atom stereocenters. The van der Waals surface area contributed by atoms with Gasteiger partial charge in [0, 0.05) is 30.9 Å². The fraction of sp³-hybridized carbons (Fsp3) is 0.250. The van der Waals surface area contributed by atoms with Gasteiger partial charge in [0.05, 0.1) is 17.2 Å². The molecule has 1 fully saturated rings. The Labute approximate surface area is 118 Å². The third kappa shape index (κ3) is 2.40. The fourth-order valence-corrected chi connectivity index (χ4v) is 2.19. The third-order valence-electron chi connectivity index (χ3n) is 3.37. The van der Waals surface area contributed by atoms with Crippen LogP contribution in [0.25, 0.3) is 0 Å². The summed E-state index contributed by atoms with van der Waals surface area (Å²) in [4.78, 5) is 23.0. The van der Waals surface area contributed by atoms with E-state index in [-0.39, 0.29) is 17.4 Å². The summed E-state index contributed by atoms with van der Waals surface area (Å²) in [5, 5.41) is 26.9. The third-order valence-corrected chi connectivity index (χ3v) is 3.37. The van der Waals surface area contributed by atoms with Crippen LogP contribution < -0.4 is 4.90 Å². The van der Waals surface area contributed by atoms with E-state index in [1.54, 1.807) is 12.1 Å². The summed E-state index contributed by atoms with van der Waals surface area (Å²) in [5.41, 5.74) is 0.715. The molecule has 1 N–H and O–H groups in total. The number of hydrogen-bond donors (Lipinski definition) is 1. The molecule has 0 radical (unpaired) electrons. The minimum absolute atomic E-state index is 0.0184. The van der Waals surface area contributed by atoms with Crippen molar-refractivity contribution in [2.45, 2.75) is 6.04 Å². The Morgan fingerprint density at radius 2 is 2.19 bits per heavy atom. The van der Waals surface area contributed by atoms with Crippen LogP contribution in [0.1, 0.15) is 16.5 Å². The maximum absolute atomic E-state index is 10.7. The minimum Gasteiger partial charge on any atom is -0.476 e. The molecular weight excluding hydrogens is 278 g/mol. The normalized spacial score (nSPS) is 14.8. The molecule has 3 rings (SSSR count). The van der Waals surface area contributed by atoms with Crippen LogP contribution in [0.2, 0.25) is 0 Å². The Balaban J connectivity index is 1.68. The molecular formula is C12H11N5O4. The lowest BCUT2D eigenvalue weighted by molar-refractivity contribution is -0.384. The van der Waals surface area contributed by atoms with Crippen LogP contribution in [0, 0.1) is 10.1 Å². The number of carbonyl (C=O) groups is 1. The molecule has 9 heteroatoms. The highest BCUT2D eigenvalue weighted by Crippen LogP contribution is 2.29. The lowest BCUT2D eigenvalue weighted by Gasteiger charge is -2.40. The molecule has 0 amide bonds. The first kappa shape index (κ1) is 13.0. The van der Waals surface area contributed by atoms with Gasteiger partial charge < -0.3 is 10.0 Å². The molecule has 0 spiro atoms. The van der Waals surface area contributed by atoms with Crippen molar-refractivity contribution in [2.75, 3.05) is 18.0 Å². The van der Waals surface area contributed by atoms with E-state index < -0.39 is 10.9 Å². The average molecular weight is 289 g/mol. The number of benzene rings is 1. The molecule has 0 saturated carbocycles. The van der Waals surface area contributed by atoms with Crippen molar-refractivity contribution in [1.29, 1.82) is 0 Å². The van der Waals surface area contributed by atoms with Gasteiger partial charge in [-0.2, -0.15) is 0 Å². The summed E-state index contributed by atoms with van der Waals surface area (Å²) >= 11 is 0. The van der Waals surface area contributed by atoms with Gasteiger partial charge in [-0.1, -0.05) is 11.3 Å². The first-order valence-corrected chi connectivity index (χ1v) is 6.19. The molecule has 1 aromatic carbocycles. The van der Waals surface area contributed by atoms with E-state index in [0.29, 0.717) is 13.1 Å². The lowest BCUT2D eigenvalue weighted by atomic mass is 10.1. The quantitative estimate of drug-likeness (QED) is 0.658. The van der Waals surface area contributed by atoms with E-state index in [1.165, 1.54) is 23.0 Å². The molecule has 1 saturated heterocycles. The Morgan fingerprint density at radius 3 is 2.81 bits per heavy atom. The smallest absolute Gasteiger partial charge is 0.358 e. The van der Waals surface area contributed by atoms with Crippen LogP contribution in [0.15, 0.2) is 30.5 Å². The SMILES string of the molecule is O=C(O)c1cn(C2CN(c3cccc([N+](=O)[O-])c3)C2)nn1. The highest BCUT2D eigenvalue weighted by molar-refractivity contribution is 5.84. The van der Waals surface area contributed by atoms with Gasteiger partial charge in [0.25, 0.3) is 5.69 Å². The molecule has 21 heavy (non-hydrogen) atoms. The van der Waals surface area contributed by atoms with E-state index in [4.69, 9.17) is 5.11 Å². The summed E-state index contributed by atoms with van der Waals surface area (Å²) < 4.78 is 1.51. The first-order valence-electron chi connectivity index (χ1n) is 6.19. The van der Waals surface area contributed by atoms with Crippen molar-refractivity contribution < 1.29 is 14.8 Å². The van der Waals surface area contributed by atoms with Crippen LogP contribution in [-0.2, 0) is 0 Å². The monoisotopic (exact) mass is 289 g/mol. The fourth-order valence-electron chi connectivity index (χ4n) is 2.19. The second kappa shape index (κ2) is 4.85. The first-order chi connectivity index (χ1) is 10.0. The number of carboxylic acids is 1. The molecule has 0 bridgehead atoms. The number of anilines is 1. The van der Waals surface area contributed by atoms with Gasteiger partial charge in [0.15, 0.2) is 5.69 Å². The topological polar surface area (TPSA) is 114 Å². The Bertz CT molecular complexity index is 707. The Kier molecular flexibility index (Phi) is 3.01. The van der Waals surface area contributed by atoms with E-state index in [9.17, 15) is 14.9 Å². The Morgan fingerprint density at radius 1 is 1.43 bits per heavy atom. The van der Waals surface area contributed by atoms with Crippen molar-refractivity contribution in [2.24, 2.45) is 0 Å². The number of aromatic carboxylic acids is 1. The van der Waals surface area contributed by atoms with Crippen LogP contribution >= 0.6 is 0 Å². The molecule has 0 unspecified atom stereocenters. The standard InChI is InChI=1S/C12H11N5O4/c18-12(19)11-7-16(14-13-11)10-5-15(6-10)8-2-1-3-9(4-8)17(20)21/h1-4,7,10H,5-6H2,(H,18,19). The number of aromatic nitrogens is 3. The van der Waals surface area contributed by atoms with Crippen molar-refractivity contribution in [3.05, 3.63) is 46.3 Å². The summed E-state index contributed by atoms with van der Waals surface area (Å²) in [5.74, 6) is -1.11. The second-order valence-corrected chi connectivity index (χ2v) is 4.72. The number of nitro benzene ring substituents is 1.